The number of benzene rings is 2. The molecule has 0 aliphatic rings. The molecule has 0 heterocycles. The van der Waals surface area contributed by atoms with Crippen LogP contribution in [0.5, 0.6) is 5.75 Å². The van der Waals surface area contributed by atoms with Gasteiger partial charge in [-0.25, -0.2) is 0 Å². The number of Topliss-reactive ketones (excluding diaryl/α,β-unsaturated/α-hetero) is 1. The average Bonchev–Trinajstić information content (AvgIpc) is 2.59. The van der Waals surface area contributed by atoms with Crippen molar-refractivity contribution in [1.29, 1.82) is 0 Å². The highest BCUT2D eigenvalue weighted by Crippen LogP contribution is 2.33. The maximum absolute atomic E-state index is 12.5. The Labute approximate surface area is 145 Å². The van der Waals surface area contributed by atoms with Crippen LogP contribution in [0.4, 0.5) is 0 Å². The number of aliphatic hydroxyl groups is 1. The number of hydrogen-bond acceptors (Lipinski definition) is 4. The molecule has 2 rings (SSSR count). The van der Waals surface area contributed by atoms with E-state index in [2.05, 4.69) is 0 Å². The molecule has 2 aromatic rings. The largest absolute Gasteiger partial charge is 0.497 e. The van der Waals surface area contributed by atoms with Crippen LogP contribution in [0.15, 0.2) is 48.5 Å². The zero-order chi connectivity index (χ0) is 16.7. The Hall–Kier alpha value is -1.49. The Kier molecular flexibility index (Phi) is 6.96. The first-order valence-corrected chi connectivity index (χ1v) is 8.72. The first kappa shape index (κ1) is 17.9. The van der Waals surface area contributed by atoms with E-state index < -0.39 is 0 Å². The molecule has 122 valence electrons. The molecule has 1 atom stereocenters. The zero-order valence-corrected chi connectivity index (χ0v) is 14.4. The molecule has 0 amide bonds. The van der Waals surface area contributed by atoms with Crippen LogP contribution in [0.25, 0.3) is 0 Å². The van der Waals surface area contributed by atoms with E-state index in [-0.39, 0.29) is 17.6 Å². The molecule has 0 fully saturated rings. The lowest BCUT2D eigenvalue weighted by Crippen LogP contribution is -2.07. The number of ether oxygens (including phenoxy) is 1. The minimum Gasteiger partial charge on any atom is -0.497 e. The second-order valence-electron chi connectivity index (χ2n) is 4.99. The maximum atomic E-state index is 12.5. The molecule has 5 heteroatoms. The molecule has 0 aliphatic heterocycles. The second-order valence-corrected chi connectivity index (χ2v) is 6.74. The molecule has 3 nitrogen and oxygen atoms in total. The van der Waals surface area contributed by atoms with Crippen LogP contribution in [-0.2, 0) is 0 Å². The van der Waals surface area contributed by atoms with Crippen LogP contribution < -0.4 is 4.74 Å². The fourth-order valence-electron chi connectivity index (χ4n) is 2.21. The minimum absolute atomic E-state index is 0.00554. The molecule has 0 saturated carbocycles. The summed E-state index contributed by atoms with van der Waals surface area (Å²) in [6.45, 7) is 0.0888. The second kappa shape index (κ2) is 8.96. The monoisotopic (exact) mass is 350 g/mol. The Bertz CT molecular complexity index is 626. The number of aliphatic hydroxyl groups excluding tert-OH is 1. The first-order valence-electron chi connectivity index (χ1n) is 7.29. The number of carbonyl (C=O) groups is 1. The molecule has 0 bridgehead atoms. The molecular weight excluding hydrogens is 332 g/mol. The van der Waals surface area contributed by atoms with Gasteiger partial charge in [-0.05, 0) is 42.0 Å². The van der Waals surface area contributed by atoms with E-state index in [0.29, 0.717) is 22.8 Å². The number of thioether (sulfide) groups is 1. The maximum Gasteiger partial charge on any atom is 0.164 e. The van der Waals surface area contributed by atoms with Crippen molar-refractivity contribution >= 4 is 29.1 Å². The zero-order valence-electron chi connectivity index (χ0n) is 12.9. The Morgan fingerprint density at radius 3 is 2.39 bits per heavy atom. The van der Waals surface area contributed by atoms with Gasteiger partial charge < -0.3 is 9.84 Å². The van der Waals surface area contributed by atoms with Gasteiger partial charge in [0.2, 0.25) is 0 Å². The van der Waals surface area contributed by atoms with Crippen molar-refractivity contribution in [3.05, 3.63) is 64.7 Å². The van der Waals surface area contributed by atoms with E-state index in [4.69, 9.17) is 21.4 Å². The van der Waals surface area contributed by atoms with Crippen LogP contribution >= 0.6 is 23.4 Å². The highest BCUT2D eigenvalue weighted by atomic mass is 35.5. The van der Waals surface area contributed by atoms with E-state index in [1.807, 2.05) is 24.3 Å². The summed E-state index contributed by atoms with van der Waals surface area (Å²) in [6.07, 6.45) is 0.374. The number of carbonyl (C=O) groups excluding carboxylic acids is 1. The smallest absolute Gasteiger partial charge is 0.164 e. The van der Waals surface area contributed by atoms with Crippen molar-refractivity contribution in [3.63, 3.8) is 0 Å². The van der Waals surface area contributed by atoms with Crippen molar-refractivity contribution in [2.24, 2.45) is 0 Å². The van der Waals surface area contributed by atoms with Gasteiger partial charge >= 0.3 is 0 Å². The molecule has 0 spiro atoms. The molecular formula is C18H19ClO3S. The van der Waals surface area contributed by atoms with E-state index in [9.17, 15) is 4.79 Å². The molecule has 0 aliphatic carbocycles. The summed E-state index contributed by atoms with van der Waals surface area (Å²) in [5.74, 6) is 1.38. The van der Waals surface area contributed by atoms with Crippen LogP contribution in [0, 0.1) is 0 Å². The minimum atomic E-state index is -0.00554. The van der Waals surface area contributed by atoms with Gasteiger partial charge in [-0.3, -0.25) is 4.79 Å². The third kappa shape index (κ3) is 5.27. The van der Waals surface area contributed by atoms with Gasteiger partial charge in [-0.2, -0.15) is 11.8 Å². The molecule has 2 aromatic carbocycles. The topological polar surface area (TPSA) is 46.5 Å². The Morgan fingerprint density at radius 1 is 1.17 bits per heavy atom. The van der Waals surface area contributed by atoms with Gasteiger partial charge in [0.1, 0.15) is 5.75 Å². The van der Waals surface area contributed by atoms with E-state index >= 15 is 0 Å². The number of rotatable bonds is 8. The van der Waals surface area contributed by atoms with Gasteiger partial charge in [-0.1, -0.05) is 23.7 Å². The van der Waals surface area contributed by atoms with Crippen molar-refractivity contribution in [2.45, 2.75) is 11.7 Å². The van der Waals surface area contributed by atoms with E-state index in [0.717, 1.165) is 11.3 Å². The summed E-state index contributed by atoms with van der Waals surface area (Å²) in [5, 5.41) is 9.74. The third-order valence-corrected chi connectivity index (χ3v) is 4.95. The summed E-state index contributed by atoms with van der Waals surface area (Å²) in [7, 11) is 1.60. The highest BCUT2D eigenvalue weighted by Gasteiger charge is 2.18. The predicted molar refractivity (Wildman–Crippen MR) is 95.7 cm³/mol. The molecule has 1 unspecified atom stereocenters. The lowest BCUT2D eigenvalue weighted by molar-refractivity contribution is 0.0982. The highest BCUT2D eigenvalue weighted by molar-refractivity contribution is 7.99. The predicted octanol–water partition coefficient (Wildman–Crippen LogP) is 4.39. The average molecular weight is 351 g/mol. The number of halogens is 1. The quantitative estimate of drug-likeness (QED) is 0.717. The van der Waals surface area contributed by atoms with Crippen molar-refractivity contribution in [2.75, 3.05) is 19.5 Å². The number of methoxy groups -OCH3 is 1. The van der Waals surface area contributed by atoms with Gasteiger partial charge in [0.05, 0.1) is 13.7 Å². The summed E-state index contributed by atoms with van der Waals surface area (Å²) in [6, 6.07) is 14.6. The fraction of sp³-hybridized carbons (Fsp3) is 0.278. The van der Waals surface area contributed by atoms with Gasteiger partial charge in [0, 0.05) is 28.0 Å². The van der Waals surface area contributed by atoms with Crippen molar-refractivity contribution < 1.29 is 14.6 Å². The van der Waals surface area contributed by atoms with Crippen LogP contribution in [-0.4, -0.2) is 30.4 Å². The van der Waals surface area contributed by atoms with Crippen LogP contribution in [0.1, 0.15) is 27.6 Å². The SMILES string of the molecule is COc1ccc(C(=O)CC(SCCO)c2ccc(Cl)cc2)cc1. The Balaban J connectivity index is 2.12. The first-order chi connectivity index (χ1) is 11.1. The van der Waals surface area contributed by atoms with Crippen molar-refractivity contribution in [1.82, 2.24) is 0 Å². The summed E-state index contributed by atoms with van der Waals surface area (Å²) in [5.41, 5.74) is 1.70. The van der Waals surface area contributed by atoms with E-state index in [1.165, 1.54) is 0 Å². The van der Waals surface area contributed by atoms with Gasteiger partial charge in [-0.15, -0.1) is 0 Å². The molecule has 0 saturated heterocycles. The molecule has 1 N–H and O–H groups in total. The fourth-order valence-corrected chi connectivity index (χ4v) is 3.34. The van der Waals surface area contributed by atoms with E-state index in [1.54, 1.807) is 43.1 Å². The van der Waals surface area contributed by atoms with Crippen LogP contribution in [0.2, 0.25) is 5.02 Å². The van der Waals surface area contributed by atoms with Crippen molar-refractivity contribution in [3.8, 4) is 5.75 Å². The van der Waals surface area contributed by atoms with Crippen LogP contribution in [0.3, 0.4) is 0 Å². The van der Waals surface area contributed by atoms with Gasteiger partial charge in [0.25, 0.3) is 0 Å². The normalized spacial score (nSPS) is 12.0. The summed E-state index contributed by atoms with van der Waals surface area (Å²) >= 11 is 7.50. The number of ketones is 1. The molecule has 0 radical (unpaired) electrons. The summed E-state index contributed by atoms with van der Waals surface area (Å²) in [4.78, 5) is 12.5. The lowest BCUT2D eigenvalue weighted by Gasteiger charge is -2.16. The summed E-state index contributed by atoms with van der Waals surface area (Å²) < 4.78 is 5.11. The molecule has 0 aromatic heterocycles. The lowest BCUT2D eigenvalue weighted by atomic mass is 10.0. The molecule has 23 heavy (non-hydrogen) atoms. The Morgan fingerprint density at radius 2 is 1.83 bits per heavy atom. The standard InChI is InChI=1S/C18H19ClO3S/c1-22-16-8-4-13(5-9-16)17(21)12-18(23-11-10-20)14-2-6-15(19)7-3-14/h2-9,18,20H,10-12H2,1H3. The third-order valence-electron chi connectivity index (χ3n) is 3.43. The number of hydrogen-bond donors (Lipinski definition) is 1. The van der Waals surface area contributed by atoms with Gasteiger partial charge in [0.15, 0.2) is 5.78 Å².